The molecule has 0 aromatic heterocycles. The Morgan fingerprint density at radius 2 is 1.85 bits per heavy atom. The molecule has 2 aromatic rings. The minimum atomic E-state index is -0.954. The molecule has 3 rings (SSSR count). The summed E-state index contributed by atoms with van der Waals surface area (Å²) in [7, 11) is 0. The number of benzene rings is 2. The predicted molar refractivity (Wildman–Crippen MR) is 96.5 cm³/mol. The highest BCUT2D eigenvalue weighted by atomic mass is 16.6. The molecule has 0 atom stereocenters. The molecule has 26 heavy (non-hydrogen) atoms. The molecule has 1 saturated heterocycles. The second-order valence-electron chi connectivity index (χ2n) is 6.37. The van der Waals surface area contributed by atoms with Crippen molar-refractivity contribution in [2.24, 2.45) is 0 Å². The average Bonchev–Trinajstić information content (AvgIpc) is 2.67. The summed E-state index contributed by atoms with van der Waals surface area (Å²) in [5, 5.41) is 24.9. The molecule has 2 aromatic carbocycles. The van der Waals surface area contributed by atoms with Crippen molar-refractivity contribution in [3.63, 3.8) is 0 Å². The van der Waals surface area contributed by atoms with E-state index in [2.05, 4.69) is 5.32 Å². The van der Waals surface area contributed by atoms with Crippen LogP contribution in [0.5, 0.6) is 0 Å². The van der Waals surface area contributed by atoms with Gasteiger partial charge in [-0.2, -0.15) is 0 Å². The van der Waals surface area contributed by atoms with E-state index < -0.39 is 10.5 Å². The molecular formula is C19H20N2O5. The van der Waals surface area contributed by atoms with E-state index >= 15 is 0 Å². The molecule has 1 fully saturated rings. The zero-order valence-corrected chi connectivity index (χ0v) is 14.2. The number of carbonyl (C=O) groups excluding carboxylic acids is 1. The van der Waals surface area contributed by atoms with Crippen LogP contribution in [0.3, 0.4) is 0 Å². The number of hydrogen-bond acceptors (Lipinski definition) is 6. The van der Waals surface area contributed by atoms with Gasteiger partial charge in [0.15, 0.2) is 5.78 Å². The second kappa shape index (κ2) is 7.63. The van der Waals surface area contributed by atoms with Crippen LogP contribution in [0.15, 0.2) is 48.5 Å². The molecule has 7 heteroatoms. The van der Waals surface area contributed by atoms with Crippen LogP contribution >= 0.6 is 0 Å². The summed E-state index contributed by atoms with van der Waals surface area (Å²) in [5.41, 5.74) is -0.149. The highest BCUT2D eigenvalue weighted by Gasteiger charge is 2.30. The molecule has 0 spiro atoms. The molecule has 1 aliphatic rings. The van der Waals surface area contributed by atoms with E-state index in [0.717, 1.165) is 0 Å². The Morgan fingerprint density at radius 3 is 2.50 bits per heavy atom. The highest BCUT2D eigenvalue weighted by molar-refractivity contribution is 6.09. The van der Waals surface area contributed by atoms with Crippen LogP contribution < -0.4 is 5.32 Å². The molecule has 0 aliphatic carbocycles. The van der Waals surface area contributed by atoms with Gasteiger partial charge in [0.1, 0.15) is 5.69 Å². The zero-order chi connectivity index (χ0) is 18.6. The Balaban J connectivity index is 1.81. The van der Waals surface area contributed by atoms with E-state index in [9.17, 15) is 20.0 Å². The zero-order valence-electron chi connectivity index (χ0n) is 14.2. The molecule has 0 unspecified atom stereocenters. The van der Waals surface area contributed by atoms with Gasteiger partial charge in [-0.05, 0) is 12.1 Å². The van der Waals surface area contributed by atoms with Gasteiger partial charge in [-0.15, -0.1) is 0 Å². The third kappa shape index (κ3) is 4.07. The first-order chi connectivity index (χ1) is 12.5. The van der Waals surface area contributed by atoms with Gasteiger partial charge < -0.3 is 15.2 Å². The number of hydrogen-bond donors (Lipinski definition) is 2. The number of anilines is 1. The number of ketones is 1. The van der Waals surface area contributed by atoms with Gasteiger partial charge >= 0.3 is 0 Å². The summed E-state index contributed by atoms with van der Waals surface area (Å²) < 4.78 is 5.23. The number of rotatable bonds is 6. The van der Waals surface area contributed by atoms with Crippen molar-refractivity contribution in [2.75, 3.05) is 25.1 Å². The van der Waals surface area contributed by atoms with Crippen LogP contribution in [-0.4, -0.2) is 41.2 Å². The summed E-state index contributed by atoms with van der Waals surface area (Å²) in [6, 6.07) is 13.0. The van der Waals surface area contributed by atoms with Crippen LogP contribution in [0, 0.1) is 10.1 Å². The topological polar surface area (TPSA) is 102 Å². The quantitative estimate of drug-likeness (QED) is 0.469. The summed E-state index contributed by atoms with van der Waals surface area (Å²) in [5.74, 6) is -0.275. The molecule has 0 amide bonds. The van der Waals surface area contributed by atoms with Crippen molar-refractivity contribution in [2.45, 2.75) is 18.4 Å². The number of ether oxygens (including phenoxy) is 1. The van der Waals surface area contributed by atoms with E-state index in [1.54, 1.807) is 36.4 Å². The van der Waals surface area contributed by atoms with Crippen LogP contribution in [0.1, 0.15) is 28.8 Å². The van der Waals surface area contributed by atoms with E-state index in [1.807, 2.05) is 0 Å². The Labute approximate surface area is 150 Å². The van der Waals surface area contributed by atoms with Crippen molar-refractivity contribution in [1.29, 1.82) is 0 Å². The van der Waals surface area contributed by atoms with Crippen molar-refractivity contribution in [3.05, 3.63) is 69.8 Å². The van der Waals surface area contributed by atoms with Gasteiger partial charge in [0.2, 0.25) is 0 Å². The SMILES string of the molecule is O=C(c1ccccc1)c1ccc(NCC2(O)CCOCC2)c([N+](=O)[O-])c1. The Morgan fingerprint density at radius 1 is 1.15 bits per heavy atom. The fourth-order valence-corrected chi connectivity index (χ4v) is 2.92. The molecule has 0 saturated carbocycles. The Bertz CT molecular complexity index is 801. The second-order valence-corrected chi connectivity index (χ2v) is 6.37. The molecule has 0 radical (unpaired) electrons. The van der Waals surface area contributed by atoms with Crippen LogP contribution in [-0.2, 0) is 4.74 Å². The van der Waals surface area contributed by atoms with Gasteiger partial charge in [-0.1, -0.05) is 30.3 Å². The predicted octanol–water partition coefficient (Wildman–Crippen LogP) is 2.78. The minimum absolute atomic E-state index is 0.184. The van der Waals surface area contributed by atoms with Gasteiger partial charge in [0.05, 0.1) is 10.5 Å². The van der Waals surface area contributed by atoms with E-state index in [0.29, 0.717) is 31.6 Å². The van der Waals surface area contributed by atoms with Gasteiger partial charge in [-0.25, -0.2) is 0 Å². The molecular weight excluding hydrogens is 336 g/mol. The Kier molecular flexibility index (Phi) is 5.29. The lowest BCUT2D eigenvalue weighted by atomic mass is 9.94. The van der Waals surface area contributed by atoms with Gasteiger partial charge in [0, 0.05) is 49.8 Å². The Hall–Kier alpha value is -2.77. The average molecular weight is 356 g/mol. The maximum atomic E-state index is 12.5. The lowest BCUT2D eigenvalue weighted by Crippen LogP contribution is -2.42. The first-order valence-corrected chi connectivity index (χ1v) is 8.41. The van der Waals surface area contributed by atoms with Crippen LogP contribution in [0.4, 0.5) is 11.4 Å². The molecule has 7 nitrogen and oxygen atoms in total. The summed E-state index contributed by atoms with van der Waals surface area (Å²) in [6.07, 6.45) is 0.941. The highest BCUT2D eigenvalue weighted by Crippen LogP contribution is 2.28. The standard InChI is InChI=1S/C19H20N2O5/c22-18(14-4-2-1-3-5-14)15-6-7-16(17(12-15)21(24)25)20-13-19(23)8-10-26-11-9-19/h1-7,12,20,23H,8-11,13H2. The van der Waals surface area contributed by atoms with Crippen LogP contribution in [0.25, 0.3) is 0 Å². The summed E-state index contributed by atoms with van der Waals surface area (Å²) in [6.45, 7) is 1.11. The maximum Gasteiger partial charge on any atom is 0.293 e. The summed E-state index contributed by atoms with van der Waals surface area (Å²) >= 11 is 0. The van der Waals surface area contributed by atoms with Crippen molar-refractivity contribution >= 4 is 17.2 Å². The van der Waals surface area contributed by atoms with Crippen molar-refractivity contribution < 1.29 is 19.6 Å². The number of nitro benzene ring substituents is 1. The number of carbonyl (C=O) groups is 1. The number of nitrogens with one attached hydrogen (secondary N) is 1. The molecule has 0 bridgehead atoms. The smallest absolute Gasteiger partial charge is 0.293 e. The summed E-state index contributed by atoms with van der Waals surface area (Å²) in [4.78, 5) is 23.4. The first kappa shape index (κ1) is 18.0. The molecule has 2 N–H and O–H groups in total. The third-order valence-electron chi connectivity index (χ3n) is 4.52. The van der Waals surface area contributed by atoms with Gasteiger partial charge in [-0.3, -0.25) is 14.9 Å². The molecule has 1 aliphatic heterocycles. The van der Waals surface area contributed by atoms with E-state index in [-0.39, 0.29) is 29.3 Å². The molecule has 136 valence electrons. The normalized spacial score (nSPS) is 16.0. The largest absolute Gasteiger partial charge is 0.388 e. The van der Waals surface area contributed by atoms with E-state index in [1.165, 1.54) is 12.1 Å². The lowest BCUT2D eigenvalue weighted by Gasteiger charge is -2.32. The third-order valence-corrected chi connectivity index (χ3v) is 4.52. The maximum absolute atomic E-state index is 12.5. The first-order valence-electron chi connectivity index (χ1n) is 8.41. The number of nitrogens with zero attached hydrogens (tertiary/aromatic N) is 1. The van der Waals surface area contributed by atoms with Crippen LogP contribution in [0.2, 0.25) is 0 Å². The number of aliphatic hydroxyl groups is 1. The lowest BCUT2D eigenvalue weighted by molar-refractivity contribution is -0.384. The number of nitro groups is 1. The monoisotopic (exact) mass is 356 g/mol. The molecule has 1 heterocycles. The minimum Gasteiger partial charge on any atom is -0.388 e. The van der Waals surface area contributed by atoms with Crippen molar-refractivity contribution in [3.8, 4) is 0 Å². The van der Waals surface area contributed by atoms with E-state index in [4.69, 9.17) is 4.74 Å². The fraction of sp³-hybridized carbons (Fsp3) is 0.316. The van der Waals surface area contributed by atoms with Gasteiger partial charge in [0.25, 0.3) is 5.69 Å². The fourth-order valence-electron chi connectivity index (χ4n) is 2.92. The van der Waals surface area contributed by atoms with Crippen molar-refractivity contribution in [1.82, 2.24) is 0 Å².